The second-order valence-electron chi connectivity index (χ2n) is 8.25. The van der Waals surface area contributed by atoms with Crippen molar-refractivity contribution in [2.45, 2.75) is 65.1 Å². The van der Waals surface area contributed by atoms with Gasteiger partial charge in [-0.3, -0.25) is 0 Å². The number of urea groups is 1. The average Bonchev–Trinajstić information content (AvgIpc) is 3.09. The molecule has 1 saturated heterocycles. The van der Waals surface area contributed by atoms with Crippen LogP contribution in [0.15, 0.2) is 5.38 Å². The summed E-state index contributed by atoms with van der Waals surface area (Å²) in [5, 5.41) is 9.09. The Hall–Kier alpha value is -1.14. The van der Waals surface area contributed by atoms with Crippen molar-refractivity contribution in [1.82, 2.24) is 15.6 Å². The van der Waals surface area contributed by atoms with Crippen molar-refractivity contribution in [2.75, 3.05) is 6.61 Å². The van der Waals surface area contributed by atoms with Gasteiger partial charge in [0, 0.05) is 34.8 Å². The lowest BCUT2D eigenvalue weighted by molar-refractivity contribution is -0.108. The van der Waals surface area contributed by atoms with Gasteiger partial charge in [0.25, 0.3) is 0 Å². The van der Waals surface area contributed by atoms with Crippen LogP contribution in [0.1, 0.15) is 51.7 Å². The van der Waals surface area contributed by atoms with E-state index in [9.17, 15) is 4.79 Å². The second-order valence-corrected chi connectivity index (χ2v) is 9.19. The van der Waals surface area contributed by atoms with E-state index in [1.807, 2.05) is 0 Å². The lowest BCUT2D eigenvalue weighted by Crippen LogP contribution is -2.67. The van der Waals surface area contributed by atoms with Gasteiger partial charge in [0.05, 0.1) is 18.3 Å². The summed E-state index contributed by atoms with van der Waals surface area (Å²) in [5.41, 5.74) is 1.13. The van der Waals surface area contributed by atoms with Gasteiger partial charge in [0.1, 0.15) is 5.01 Å². The maximum atomic E-state index is 12.2. The minimum Gasteiger partial charge on any atom is -0.377 e. The number of aromatic nitrogens is 1. The first-order valence-electron chi connectivity index (χ1n) is 8.30. The quantitative estimate of drug-likeness (QED) is 0.891. The zero-order chi connectivity index (χ0) is 16.8. The van der Waals surface area contributed by atoms with Gasteiger partial charge in [-0.2, -0.15) is 0 Å². The summed E-state index contributed by atoms with van der Waals surface area (Å²) in [4.78, 5) is 16.8. The second kappa shape index (κ2) is 5.74. The largest absolute Gasteiger partial charge is 0.377 e. The molecular weight excluding hydrogens is 310 g/mol. The van der Waals surface area contributed by atoms with E-state index in [0.717, 1.165) is 23.7 Å². The Morgan fingerprint density at radius 3 is 2.87 bits per heavy atom. The van der Waals surface area contributed by atoms with Crippen molar-refractivity contribution in [3.05, 3.63) is 16.1 Å². The van der Waals surface area contributed by atoms with Crippen LogP contribution in [0.25, 0.3) is 0 Å². The highest BCUT2D eigenvalue weighted by Gasteiger charge is 2.59. The predicted octanol–water partition coefficient (Wildman–Crippen LogP) is 3.05. The monoisotopic (exact) mass is 337 g/mol. The van der Waals surface area contributed by atoms with E-state index in [1.165, 1.54) is 0 Å². The Kier molecular flexibility index (Phi) is 4.17. The summed E-state index contributed by atoms with van der Waals surface area (Å²) in [5.74, 6) is 0.461. The third-order valence-electron chi connectivity index (χ3n) is 5.11. The molecule has 23 heavy (non-hydrogen) atoms. The van der Waals surface area contributed by atoms with Gasteiger partial charge in [-0.15, -0.1) is 11.3 Å². The zero-order valence-corrected chi connectivity index (χ0v) is 15.4. The maximum absolute atomic E-state index is 12.2. The fraction of sp³-hybridized carbons (Fsp3) is 0.765. The molecular formula is C17H27N3O2S. The van der Waals surface area contributed by atoms with Gasteiger partial charge in [-0.05, 0) is 6.42 Å². The van der Waals surface area contributed by atoms with Crippen LogP contribution < -0.4 is 10.6 Å². The highest BCUT2D eigenvalue weighted by atomic mass is 32.1. The predicted molar refractivity (Wildman–Crippen MR) is 91.6 cm³/mol. The molecule has 2 aliphatic rings. The zero-order valence-electron chi connectivity index (χ0n) is 14.6. The van der Waals surface area contributed by atoms with Crippen LogP contribution in [0.5, 0.6) is 0 Å². The lowest BCUT2D eigenvalue weighted by atomic mass is 9.57. The minimum atomic E-state index is -0.110. The molecule has 0 unspecified atom stereocenters. The number of nitrogens with zero attached hydrogens (tertiary/aromatic N) is 1. The molecule has 0 aromatic carbocycles. The Labute approximate surface area is 142 Å². The summed E-state index contributed by atoms with van der Waals surface area (Å²) in [6.45, 7) is 12.1. The smallest absolute Gasteiger partial charge is 0.315 e. The number of hydrogen-bond donors (Lipinski definition) is 2. The van der Waals surface area contributed by atoms with Crippen molar-refractivity contribution >= 4 is 17.4 Å². The van der Waals surface area contributed by atoms with E-state index in [-0.39, 0.29) is 22.9 Å². The topological polar surface area (TPSA) is 63.2 Å². The first-order valence-corrected chi connectivity index (χ1v) is 9.18. The SMILES string of the molecule is CC(C)(C)c1csc(CNC(=O)N[C@@H]2[C@@H]3CCO[C@H]3C2(C)C)n1. The molecule has 1 aliphatic heterocycles. The van der Waals surface area contributed by atoms with Gasteiger partial charge in [-0.25, -0.2) is 9.78 Å². The van der Waals surface area contributed by atoms with Crippen molar-refractivity contribution in [3.8, 4) is 0 Å². The van der Waals surface area contributed by atoms with Crippen LogP contribution in [0.2, 0.25) is 0 Å². The average molecular weight is 337 g/mol. The maximum Gasteiger partial charge on any atom is 0.315 e. The molecule has 2 N–H and O–H groups in total. The standard InChI is InChI=1S/C17H27N3O2S/c1-16(2,3)11-9-23-12(19-11)8-18-15(21)20-13-10-6-7-22-14(10)17(13,4)5/h9-10,13-14H,6-8H2,1-5H3,(H2,18,20,21)/t10-,13+,14+/m0/s1. The Balaban J connectivity index is 1.51. The summed E-state index contributed by atoms with van der Waals surface area (Å²) in [6.07, 6.45) is 1.33. The number of carbonyl (C=O) groups excluding carboxylic acids is 1. The first-order chi connectivity index (χ1) is 10.7. The van der Waals surface area contributed by atoms with E-state index >= 15 is 0 Å². The van der Waals surface area contributed by atoms with Crippen molar-refractivity contribution < 1.29 is 9.53 Å². The number of hydrogen-bond acceptors (Lipinski definition) is 4. The highest BCUT2D eigenvalue weighted by Crippen LogP contribution is 2.52. The number of fused-ring (bicyclic) bond motifs is 1. The molecule has 1 aromatic rings. The van der Waals surface area contributed by atoms with E-state index < -0.39 is 0 Å². The van der Waals surface area contributed by atoms with Crippen LogP contribution in [0, 0.1) is 11.3 Å². The van der Waals surface area contributed by atoms with Gasteiger partial charge >= 0.3 is 6.03 Å². The molecule has 1 aromatic heterocycles. The van der Waals surface area contributed by atoms with E-state index in [2.05, 4.69) is 55.6 Å². The molecule has 2 fully saturated rings. The fourth-order valence-electron chi connectivity index (χ4n) is 3.70. The molecule has 128 valence electrons. The third kappa shape index (κ3) is 3.11. The van der Waals surface area contributed by atoms with Gasteiger partial charge in [-0.1, -0.05) is 34.6 Å². The number of rotatable bonds is 3. The minimum absolute atomic E-state index is 0.0130. The number of thiazole rings is 1. The number of ether oxygens (including phenoxy) is 1. The van der Waals surface area contributed by atoms with E-state index in [4.69, 9.17) is 4.74 Å². The van der Waals surface area contributed by atoms with Crippen molar-refractivity contribution in [1.29, 1.82) is 0 Å². The number of nitrogens with one attached hydrogen (secondary N) is 2. The van der Waals surface area contributed by atoms with E-state index in [1.54, 1.807) is 11.3 Å². The summed E-state index contributed by atoms with van der Waals surface area (Å²) in [6, 6.07) is 0.0809. The summed E-state index contributed by atoms with van der Waals surface area (Å²) in [7, 11) is 0. The molecule has 2 amide bonds. The molecule has 1 aliphatic carbocycles. The lowest BCUT2D eigenvalue weighted by Gasteiger charge is -2.54. The van der Waals surface area contributed by atoms with Gasteiger partial charge in [0.15, 0.2) is 0 Å². The van der Waals surface area contributed by atoms with Crippen LogP contribution in [-0.2, 0) is 16.7 Å². The highest BCUT2D eigenvalue weighted by molar-refractivity contribution is 7.09. The Bertz CT molecular complexity index is 591. The normalized spacial score (nSPS) is 28.8. The number of carbonyl (C=O) groups is 1. The molecule has 0 spiro atoms. The van der Waals surface area contributed by atoms with Crippen LogP contribution >= 0.6 is 11.3 Å². The molecule has 1 saturated carbocycles. The fourth-order valence-corrected chi connectivity index (χ4v) is 4.66. The molecule has 3 atom stereocenters. The Morgan fingerprint density at radius 2 is 2.22 bits per heavy atom. The molecule has 6 heteroatoms. The van der Waals surface area contributed by atoms with Crippen molar-refractivity contribution in [2.24, 2.45) is 11.3 Å². The molecule has 5 nitrogen and oxygen atoms in total. The van der Waals surface area contributed by atoms with Crippen LogP contribution in [0.4, 0.5) is 4.79 Å². The van der Waals surface area contributed by atoms with Crippen molar-refractivity contribution in [3.63, 3.8) is 0 Å². The third-order valence-corrected chi connectivity index (χ3v) is 5.96. The Morgan fingerprint density at radius 1 is 1.48 bits per heavy atom. The first kappa shape index (κ1) is 16.7. The molecule has 0 bridgehead atoms. The van der Waals surface area contributed by atoms with E-state index in [0.29, 0.717) is 18.6 Å². The summed E-state index contributed by atoms with van der Waals surface area (Å²) < 4.78 is 5.76. The van der Waals surface area contributed by atoms with Gasteiger partial charge in [0.2, 0.25) is 0 Å². The molecule has 3 rings (SSSR count). The van der Waals surface area contributed by atoms with Gasteiger partial charge < -0.3 is 15.4 Å². The number of amides is 2. The summed E-state index contributed by atoms with van der Waals surface area (Å²) >= 11 is 1.60. The molecule has 2 heterocycles. The van der Waals surface area contributed by atoms with Crippen LogP contribution in [0.3, 0.4) is 0 Å². The molecule has 0 radical (unpaired) electrons. The van der Waals surface area contributed by atoms with Crippen LogP contribution in [-0.4, -0.2) is 29.8 Å².